The van der Waals surface area contributed by atoms with Crippen LogP contribution in [0.5, 0.6) is 0 Å². The largest absolute Gasteiger partial charge is 0.378 e. The molecule has 0 bridgehead atoms. The quantitative estimate of drug-likeness (QED) is 0.837. The third kappa shape index (κ3) is 6.26. The molecule has 1 heterocycles. The highest BCUT2D eigenvalue weighted by atomic mass is 35.5. The lowest BCUT2D eigenvalue weighted by Gasteiger charge is -2.23. The van der Waals surface area contributed by atoms with Gasteiger partial charge < -0.3 is 15.4 Å². The monoisotopic (exact) mass is 330 g/mol. The number of rotatable bonds is 3. The Labute approximate surface area is 136 Å². The summed E-state index contributed by atoms with van der Waals surface area (Å²) < 4.78 is 5.48. The molecule has 1 aromatic rings. The van der Waals surface area contributed by atoms with Gasteiger partial charge in [0.15, 0.2) is 0 Å². The second-order valence-corrected chi connectivity index (χ2v) is 7.71. The number of anilines is 1. The number of amides is 1. The maximum Gasteiger partial charge on any atom is 0.243 e. The average molecular weight is 331 g/mol. The molecule has 1 amide bonds. The molecular weight excluding hydrogens is 308 g/mol. The molecule has 0 saturated carbocycles. The third-order valence-electron chi connectivity index (χ3n) is 2.78. The Morgan fingerprint density at radius 3 is 2.52 bits per heavy atom. The lowest BCUT2D eigenvalue weighted by Crippen LogP contribution is -2.48. The Morgan fingerprint density at radius 2 is 2.00 bits per heavy atom. The predicted octanol–water partition coefficient (Wildman–Crippen LogP) is 2.93. The molecule has 21 heavy (non-hydrogen) atoms. The number of hydrogen-bond donors (Lipinski definition) is 2. The van der Waals surface area contributed by atoms with Crippen LogP contribution < -0.4 is 10.6 Å². The molecule has 1 aliphatic rings. The van der Waals surface area contributed by atoms with Gasteiger partial charge in [0.1, 0.15) is 6.04 Å². The molecular formula is C15H23ClN2O2S. The summed E-state index contributed by atoms with van der Waals surface area (Å²) in [6, 6.07) is 7.70. The van der Waals surface area contributed by atoms with Crippen molar-refractivity contribution in [3.63, 3.8) is 0 Å². The van der Waals surface area contributed by atoms with E-state index in [1.165, 1.54) is 4.90 Å². The van der Waals surface area contributed by atoms with Crippen molar-refractivity contribution < 1.29 is 9.53 Å². The van der Waals surface area contributed by atoms with Crippen LogP contribution in [0.25, 0.3) is 0 Å². The zero-order valence-electron chi connectivity index (χ0n) is 12.6. The Balaban J connectivity index is 0.00000220. The standard InChI is InChI=1S/C15H22N2O2S.ClH/c1-15(2,3)20-12-6-4-11(5-7-12)17-14(18)13-10-19-9-8-16-13;/h4-7,13,16H,8-10H2,1-3H3,(H,17,18);1H. The number of carbonyl (C=O) groups is 1. The van der Waals surface area contributed by atoms with E-state index in [0.29, 0.717) is 13.2 Å². The van der Waals surface area contributed by atoms with Gasteiger partial charge in [-0.15, -0.1) is 24.2 Å². The summed E-state index contributed by atoms with van der Waals surface area (Å²) in [4.78, 5) is 13.2. The predicted molar refractivity (Wildman–Crippen MR) is 90.5 cm³/mol. The lowest BCUT2D eigenvalue weighted by molar-refractivity contribution is -0.120. The maximum absolute atomic E-state index is 12.0. The molecule has 1 fully saturated rings. The Morgan fingerprint density at radius 1 is 1.33 bits per heavy atom. The van der Waals surface area contributed by atoms with Gasteiger partial charge in [0, 0.05) is 21.9 Å². The fraction of sp³-hybridized carbons (Fsp3) is 0.533. The van der Waals surface area contributed by atoms with Crippen molar-refractivity contribution in [1.82, 2.24) is 5.32 Å². The Kier molecular flexibility index (Phi) is 7.00. The van der Waals surface area contributed by atoms with E-state index in [-0.39, 0.29) is 29.1 Å². The second kappa shape index (κ2) is 8.03. The fourth-order valence-electron chi connectivity index (χ4n) is 1.92. The second-order valence-electron chi connectivity index (χ2n) is 5.81. The summed E-state index contributed by atoms with van der Waals surface area (Å²) in [5.41, 5.74) is 0.820. The number of benzene rings is 1. The first kappa shape index (κ1) is 18.3. The van der Waals surface area contributed by atoms with Crippen LogP contribution in [0, 0.1) is 0 Å². The van der Waals surface area contributed by atoms with Gasteiger partial charge in [0.2, 0.25) is 5.91 Å². The minimum Gasteiger partial charge on any atom is -0.378 e. The van der Waals surface area contributed by atoms with E-state index >= 15 is 0 Å². The molecule has 1 aliphatic heterocycles. The van der Waals surface area contributed by atoms with E-state index in [4.69, 9.17) is 4.74 Å². The molecule has 2 N–H and O–H groups in total. The molecule has 1 saturated heterocycles. The molecule has 2 rings (SSSR count). The Hall–Kier alpha value is -0.750. The number of hydrogen-bond acceptors (Lipinski definition) is 4. The maximum atomic E-state index is 12.0. The summed E-state index contributed by atoms with van der Waals surface area (Å²) in [5.74, 6) is -0.0408. The van der Waals surface area contributed by atoms with Crippen molar-refractivity contribution in [3.05, 3.63) is 24.3 Å². The van der Waals surface area contributed by atoms with Gasteiger partial charge >= 0.3 is 0 Å². The average Bonchev–Trinajstić information content (AvgIpc) is 2.40. The zero-order chi connectivity index (χ0) is 14.6. The molecule has 0 spiro atoms. The van der Waals surface area contributed by atoms with Gasteiger partial charge in [-0.3, -0.25) is 4.79 Å². The van der Waals surface area contributed by atoms with Gasteiger partial charge in [-0.05, 0) is 24.3 Å². The van der Waals surface area contributed by atoms with E-state index < -0.39 is 0 Å². The van der Waals surface area contributed by atoms with Crippen LogP contribution in [0.15, 0.2) is 29.2 Å². The molecule has 1 atom stereocenters. The zero-order valence-corrected chi connectivity index (χ0v) is 14.3. The first-order chi connectivity index (χ1) is 9.44. The van der Waals surface area contributed by atoms with Crippen molar-refractivity contribution in [2.45, 2.75) is 36.5 Å². The number of thioether (sulfide) groups is 1. The molecule has 1 aromatic carbocycles. The van der Waals surface area contributed by atoms with Crippen LogP contribution in [0.3, 0.4) is 0 Å². The number of carbonyl (C=O) groups excluding carboxylic acids is 1. The van der Waals surface area contributed by atoms with E-state index in [9.17, 15) is 4.79 Å². The van der Waals surface area contributed by atoms with Crippen molar-refractivity contribution in [2.75, 3.05) is 25.1 Å². The first-order valence-electron chi connectivity index (χ1n) is 6.85. The lowest BCUT2D eigenvalue weighted by atomic mass is 10.2. The molecule has 0 aromatic heterocycles. The molecule has 0 radical (unpaired) electrons. The SMILES string of the molecule is CC(C)(C)Sc1ccc(NC(=O)C2COCCN2)cc1.Cl. The summed E-state index contributed by atoms with van der Waals surface area (Å²) in [6.45, 7) is 8.37. The topological polar surface area (TPSA) is 50.4 Å². The van der Waals surface area contributed by atoms with E-state index in [2.05, 4.69) is 31.4 Å². The van der Waals surface area contributed by atoms with Crippen LogP contribution >= 0.6 is 24.2 Å². The number of halogens is 1. The number of morpholine rings is 1. The van der Waals surface area contributed by atoms with Gasteiger partial charge in [0.05, 0.1) is 13.2 Å². The van der Waals surface area contributed by atoms with Crippen molar-refractivity contribution in [1.29, 1.82) is 0 Å². The van der Waals surface area contributed by atoms with Crippen molar-refractivity contribution >= 4 is 35.8 Å². The van der Waals surface area contributed by atoms with Crippen molar-refractivity contribution in [2.24, 2.45) is 0 Å². The van der Waals surface area contributed by atoms with Gasteiger partial charge in [0.25, 0.3) is 0 Å². The molecule has 118 valence electrons. The van der Waals surface area contributed by atoms with E-state index in [0.717, 1.165) is 12.2 Å². The van der Waals surface area contributed by atoms with Crippen LogP contribution in [0.1, 0.15) is 20.8 Å². The minimum atomic E-state index is -0.257. The molecule has 0 aliphatic carbocycles. The highest BCUT2D eigenvalue weighted by molar-refractivity contribution is 8.00. The summed E-state index contributed by atoms with van der Waals surface area (Å²) in [6.07, 6.45) is 0. The Bertz CT molecular complexity index is 454. The van der Waals surface area contributed by atoms with Crippen molar-refractivity contribution in [3.8, 4) is 0 Å². The molecule has 4 nitrogen and oxygen atoms in total. The van der Waals surface area contributed by atoms with Gasteiger partial charge in [-0.1, -0.05) is 20.8 Å². The normalized spacial score (nSPS) is 18.7. The molecule has 1 unspecified atom stereocenters. The third-order valence-corrected chi connectivity index (χ3v) is 3.90. The van der Waals surface area contributed by atoms with Crippen LogP contribution in [0.4, 0.5) is 5.69 Å². The van der Waals surface area contributed by atoms with E-state index in [1.54, 1.807) is 0 Å². The highest BCUT2D eigenvalue weighted by Crippen LogP contribution is 2.32. The fourth-order valence-corrected chi connectivity index (χ4v) is 2.90. The highest BCUT2D eigenvalue weighted by Gasteiger charge is 2.21. The molecule has 6 heteroatoms. The number of ether oxygens (including phenoxy) is 1. The van der Waals surface area contributed by atoms with Crippen LogP contribution in [-0.4, -0.2) is 36.5 Å². The van der Waals surface area contributed by atoms with Gasteiger partial charge in [-0.2, -0.15) is 0 Å². The van der Waals surface area contributed by atoms with Crippen LogP contribution in [0.2, 0.25) is 0 Å². The summed E-state index contributed by atoms with van der Waals surface area (Å²) in [7, 11) is 0. The smallest absolute Gasteiger partial charge is 0.243 e. The number of nitrogens with one attached hydrogen (secondary N) is 2. The van der Waals surface area contributed by atoms with Crippen LogP contribution in [-0.2, 0) is 9.53 Å². The minimum absolute atomic E-state index is 0. The summed E-state index contributed by atoms with van der Waals surface area (Å²) in [5, 5.41) is 6.05. The first-order valence-corrected chi connectivity index (χ1v) is 7.67. The summed E-state index contributed by atoms with van der Waals surface area (Å²) >= 11 is 1.81. The van der Waals surface area contributed by atoms with E-state index in [1.807, 2.05) is 36.0 Å². The van der Waals surface area contributed by atoms with Gasteiger partial charge in [-0.25, -0.2) is 0 Å².